The maximum Gasteiger partial charge on any atom is 0.158 e. The van der Waals surface area contributed by atoms with Gasteiger partial charge in [-0.25, -0.2) is 0 Å². The molecule has 0 unspecified atom stereocenters. The van der Waals surface area contributed by atoms with Gasteiger partial charge in [-0.1, -0.05) is 18.3 Å². The van der Waals surface area contributed by atoms with E-state index in [9.17, 15) is 0 Å². The van der Waals surface area contributed by atoms with Crippen molar-refractivity contribution < 1.29 is 0 Å². The van der Waals surface area contributed by atoms with Gasteiger partial charge in [0.1, 0.15) is 5.01 Å². The second kappa shape index (κ2) is 7.33. The molecule has 0 saturated heterocycles. The fourth-order valence-electron chi connectivity index (χ4n) is 1.56. The van der Waals surface area contributed by atoms with Crippen LogP contribution in [0.2, 0.25) is 0 Å². The Balaban J connectivity index is 1.85. The smallest absolute Gasteiger partial charge is 0.158 e. The van der Waals surface area contributed by atoms with E-state index in [0.717, 1.165) is 40.4 Å². The second-order valence-corrected chi connectivity index (χ2v) is 6.78. The van der Waals surface area contributed by atoms with Crippen LogP contribution in [0.5, 0.6) is 0 Å². The molecule has 0 atom stereocenters. The van der Waals surface area contributed by atoms with E-state index in [4.69, 9.17) is 0 Å². The van der Waals surface area contributed by atoms with Gasteiger partial charge in [0.15, 0.2) is 5.01 Å². The molecule has 0 aliphatic heterocycles. The van der Waals surface area contributed by atoms with E-state index in [1.807, 2.05) is 0 Å². The Kier molecular flexibility index (Phi) is 5.75. The summed E-state index contributed by atoms with van der Waals surface area (Å²) in [5.41, 5.74) is 0. The van der Waals surface area contributed by atoms with Crippen LogP contribution >= 0.6 is 38.6 Å². The number of aryl methyl sites for hydroxylation is 1. The van der Waals surface area contributed by atoms with Crippen LogP contribution in [-0.4, -0.2) is 23.3 Å². The van der Waals surface area contributed by atoms with Crippen molar-refractivity contribution in [1.29, 1.82) is 0 Å². The third-order valence-corrected chi connectivity index (χ3v) is 5.42. The number of rotatable bonds is 7. The molecule has 0 aliphatic rings. The molecule has 98 valence electrons. The normalized spacial score (nSPS) is 11.0. The Morgan fingerprint density at radius 2 is 2.22 bits per heavy atom. The highest BCUT2D eigenvalue weighted by molar-refractivity contribution is 9.10. The maximum atomic E-state index is 4.26. The number of hydrogen-bond acceptors (Lipinski definition) is 5. The van der Waals surface area contributed by atoms with Gasteiger partial charge in [0.2, 0.25) is 0 Å². The summed E-state index contributed by atoms with van der Waals surface area (Å²) in [6, 6.07) is 2.05. The lowest BCUT2D eigenvalue weighted by Crippen LogP contribution is -2.16. The largest absolute Gasteiger partial charge is 0.317 e. The summed E-state index contributed by atoms with van der Waals surface area (Å²) in [7, 11) is 0. The molecule has 1 N–H and O–H groups in total. The SMILES string of the molecule is CCCNCCCc1nnc(-c2sccc2Br)s1. The van der Waals surface area contributed by atoms with Crippen molar-refractivity contribution in [2.75, 3.05) is 13.1 Å². The minimum Gasteiger partial charge on any atom is -0.317 e. The van der Waals surface area contributed by atoms with Crippen LogP contribution in [0, 0.1) is 0 Å². The van der Waals surface area contributed by atoms with Gasteiger partial charge >= 0.3 is 0 Å². The van der Waals surface area contributed by atoms with Crippen LogP contribution in [0.15, 0.2) is 15.9 Å². The number of aromatic nitrogens is 2. The first kappa shape index (κ1) is 14.1. The van der Waals surface area contributed by atoms with Gasteiger partial charge in [-0.15, -0.1) is 21.5 Å². The maximum absolute atomic E-state index is 4.26. The second-order valence-electron chi connectivity index (χ2n) is 3.95. The average Bonchev–Trinajstić information content (AvgIpc) is 2.97. The zero-order valence-electron chi connectivity index (χ0n) is 10.3. The first-order valence-corrected chi connectivity index (χ1v) is 8.56. The number of nitrogens with zero attached hydrogens (tertiary/aromatic N) is 2. The van der Waals surface area contributed by atoms with Gasteiger partial charge < -0.3 is 5.32 Å². The number of hydrogen-bond donors (Lipinski definition) is 1. The molecule has 0 aliphatic carbocycles. The highest BCUT2D eigenvalue weighted by Gasteiger charge is 2.10. The summed E-state index contributed by atoms with van der Waals surface area (Å²) in [6.07, 6.45) is 3.33. The number of nitrogens with one attached hydrogen (secondary N) is 1. The molecule has 3 nitrogen and oxygen atoms in total. The molecule has 0 spiro atoms. The number of thiophene rings is 1. The average molecular weight is 346 g/mol. The van der Waals surface area contributed by atoms with Gasteiger partial charge in [-0.2, -0.15) is 0 Å². The Bertz CT molecular complexity index is 481. The first-order chi connectivity index (χ1) is 8.81. The van der Waals surface area contributed by atoms with Crippen LogP contribution in [0.25, 0.3) is 9.88 Å². The van der Waals surface area contributed by atoms with E-state index in [-0.39, 0.29) is 0 Å². The summed E-state index contributed by atoms with van der Waals surface area (Å²) in [5, 5.41) is 16.1. The van der Waals surface area contributed by atoms with Gasteiger partial charge in [0.05, 0.1) is 4.88 Å². The Hall–Kier alpha value is -0.300. The molecular weight excluding hydrogens is 330 g/mol. The van der Waals surface area contributed by atoms with Crippen LogP contribution < -0.4 is 5.32 Å². The third-order valence-electron chi connectivity index (χ3n) is 2.45. The molecule has 0 amide bonds. The predicted octanol–water partition coefficient (Wildman–Crippen LogP) is 3.96. The van der Waals surface area contributed by atoms with Gasteiger partial charge in [0, 0.05) is 10.9 Å². The summed E-state index contributed by atoms with van der Waals surface area (Å²) in [4.78, 5) is 1.18. The summed E-state index contributed by atoms with van der Waals surface area (Å²) >= 11 is 6.93. The van der Waals surface area contributed by atoms with Crippen LogP contribution in [0.1, 0.15) is 24.8 Å². The van der Waals surface area contributed by atoms with E-state index >= 15 is 0 Å². The van der Waals surface area contributed by atoms with Crippen molar-refractivity contribution in [3.63, 3.8) is 0 Å². The Labute approximate surface area is 124 Å². The third kappa shape index (κ3) is 3.85. The molecule has 0 bridgehead atoms. The highest BCUT2D eigenvalue weighted by Crippen LogP contribution is 2.35. The minimum atomic E-state index is 1.01. The molecule has 0 aromatic carbocycles. The van der Waals surface area contributed by atoms with Crippen LogP contribution in [0.4, 0.5) is 0 Å². The zero-order valence-corrected chi connectivity index (χ0v) is 13.5. The standard InChI is InChI=1S/C12H16BrN3S2/c1-2-6-14-7-3-4-10-15-16-12(18-10)11-9(13)5-8-17-11/h5,8,14H,2-4,6-7H2,1H3. The summed E-state index contributed by atoms with van der Waals surface area (Å²) < 4.78 is 1.11. The molecule has 6 heteroatoms. The van der Waals surface area contributed by atoms with Crippen molar-refractivity contribution in [2.45, 2.75) is 26.2 Å². The van der Waals surface area contributed by atoms with Crippen molar-refractivity contribution in [1.82, 2.24) is 15.5 Å². The van der Waals surface area contributed by atoms with Gasteiger partial charge in [0.25, 0.3) is 0 Å². The van der Waals surface area contributed by atoms with Crippen molar-refractivity contribution in [3.05, 3.63) is 20.9 Å². The first-order valence-electron chi connectivity index (χ1n) is 6.07. The van der Waals surface area contributed by atoms with Gasteiger partial charge in [-0.3, -0.25) is 0 Å². The quantitative estimate of drug-likeness (QED) is 0.771. The minimum absolute atomic E-state index is 1.01. The van der Waals surface area contributed by atoms with Crippen molar-refractivity contribution >= 4 is 38.6 Å². The Morgan fingerprint density at radius 3 is 2.94 bits per heavy atom. The van der Waals surface area contributed by atoms with Crippen LogP contribution in [0.3, 0.4) is 0 Å². The lowest BCUT2D eigenvalue weighted by Gasteiger charge is -1.99. The summed E-state index contributed by atoms with van der Waals surface area (Å²) in [5.74, 6) is 0. The van der Waals surface area contributed by atoms with Crippen molar-refractivity contribution in [2.24, 2.45) is 0 Å². The fraction of sp³-hybridized carbons (Fsp3) is 0.500. The topological polar surface area (TPSA) is 37.8 Å². The lowest BCUT2D eigenvalue weighted by atomic mass is 10.3. The lowest BCUT2D eigenvalue weighted by molar-refractivity contribution is 0.637. The molecule has 2 aromatic heterocycles. The fourth-order valence-corrected chi connectivity index (χ4v) is 4.23. The molecule has 18 heavy (non-hydrogen) atoms. The zero-order chi connectivity index (χ0) is 12.8. The van der Waals surface area contributed by atoms with E-state index in [1.54, 1.807) is 22.7 Å². The molecular formula is C12H16BrN3S2. The van der Waals surface area contributed by atoms with E-state index in [0.29, 0.717) is 0 Å². The monoisotopic (exact) mass is 345 g/mol. The predicted molar refractivity (Wildman–Crippen MR) is 82.4 cm³/mol. The van der Waals surface area contributed by atoms with Crippen LogP contribution in [-0.2, 0) is 6.42 Å². The van der Waals surface area contributed by atoms with Gasteiger partial charge in [-0.05, 0) is 53.3 Å². The molecule has 2 aromatic rings. The van der Waals surface area contributed by atoms with E-state index in [2.05, 4.69) is 49.8 Å². The number of halogens is 1. The molecule has 2 heterocycles. The van der Waals surface area contributed by atoms with Crippen molar-refractivity contribution in [3.8, 4) is 9.88 Å². The molecule has 0 radical (unpaired) electrons. The van der Waals surface area contributed by atoms with E-state index < -0.39 is 0 Å². The Morgan fingerprint density at radius 1 is 1.33 bits per heavy atom. The highest BCUT2D eigenvalue weighted by atomic mass is 79.9. The van der Waals surface area contributed by atoms with E-state index in [1.165, 1.54) is 11.3 Å². The summed E-state index contributed by atoms with van der Waals surface area (Å²) in [6.45, 7) is 4.35. The molecule has 2 rings (SSSR count). The molecule has 0 fully saturated rings. The molecule has 0 saturated carbocycles.